The van der Waals surface area contributed by atoms with Crippen LogP contribution in [0.1, 0.15) is 23.7 Å². The van der Waals surface area contributed by atoms with Gasteiger partial charge in [-0.15, -0.1) is 0 Å². The topological polar surface area (TPSA) is 53.4 Å². The summed E-state index contributed by atoms with van der Waals surface area (Å²) in [6.07, 6.45) is 1.92. The number of aromatic nitrogens is 1. The van der Waals surface area contributed by atoms with E-state index in [-0.39, 0.29) is 0 Å². The van der Waals surface area contributed by atoms with Crippen LogP contribution in [-0.4, -0.2) is 93.2 Å². The molecule has 0 unspecified atom stereocenters. The molecule has 0 radical (unpaired) electrons. The fourth-order valence-electron chi connectivity index (χ4n) is 4.31. The van der Waals surface area contributed by atoms with Crippen LogP contribution in [0.5, 0.6) is 5.88 Å². The average molecular weight is 452 g/mol. The minimum atomic E-state index is 0.529. The van der Waals surface area contributed by atoms with Crippen LogP contribution < -0.4 is 9.64 Å². The van der Waals surface area contributed by atoms with Crippen LogP contribution in [0, 0.1) is 6.92 Å². The van der Waals surface area contributed by atoms with Gasteiger partial charge in [-0.2, -0.15) is 0 Å². The van der Waals surface area contributed by atoms with Crippen molar-refractivity contribution < 1.29 is 9.47 Å². The Kier molecular flexibility index (Phi) is 8.69. The van der Waals surface area contributed by atoms with Crippen molar-refractivity contribution in [3.8, 4) is 5.88 Å². The molecule has 33 heavy (non-hydrogen) atoms. The summed E-state index contributed by atoms with van der Waals surface area (Å²) in [6.45, 7) is 15.4. The summed E-state index contributed by atoms with van der Waals surface area (Å²) in [6, 6.07) is 12.6. The van der Waals surface area contributed by atoms with E-state index in [4.69, 9.17) is 14.5 Å². The molecular weight excluding hydrogens is 414 g/mol. The third-order valence-electron chi connectivity index (χ3n) is 6.32. The maximum Gasteiger partial charge on any atom is 0.215 e. The largest absolute Gasteiger partial charge is 0.476 e. The van der Waals surface area contributed by atoms with Gasteiger partial charge in [0.05, 0.1) is 25.5 Å². The van der Waals surface area contributed by atoms with E-state index >= 15 is 0 Å². The van der Waals surface area contributed by atoms with Gasteiger partial charge in [0.25, 0.3) is 0 Å². The zero-order valence-corrected chi connectivity index (χ0v) is 20.1. The Bertz CT molecular complexity index is 905. The van der Waals surface area contributed by atoms with Gasteiger partial charge in [-0.1, -0.05) is 36.8 Å². The minimum Gasteiger partial charge on any atom is -0.476 e. The van der Waals surface area contributed by atoms with Gasteiger partial charge < -0.3 is 19.3 Å². The average Bonchev–Trinajstić information content (AvgIpc) is 2.85. The van der Waals surface area contributed by atoms with Gasteiger partial charge >= 0.3 is 0 Å². The highest BCUT2D eigenvalue weighted by Gasteiger charge is 2.16. The molecule has 0 amide bonds. The van der Waals surface area contributed by atoms with Crippen LogP contribution in [0.4, 0.5) is 5.69 Å². The van der Waals surface area contributed by atoms with Gasteiger partial charge in [-0.3, -0.25) is 9.89 Å². The highest BCUT2D eigenvalue weighted by molar-refractivity contribution is 5.79. The van der Waals surface area contributed by atoms with Crippen molar-refractivity contribution in [1.82, 2.24) is 14.8 Å². The lowest BCUT2D eigenvalue weighted by Gasteiger charge is -2.33. The van der Waals surface area contributed by atoms with Crippen molar-refractivity contribution in [2.24, 2.45) is 4.99 Å². The molecule has 2 aliphatic heterocycles. The smallest absolute Gasteiger partial charge is 0.215 e. The number of benzene rings is 1. The molecule has 0 spiro atoms. The van der Waals surface area contributed by atoms with Crippen LogP contribution >= 0.6 is 0 Å². The molecule has 0 atom stereocenters. The van der Waals surface area contributed by atoms with Crippen molar-refractivity contribution in [3.05, 3.63) is 53.2 Å². The molecule has 0 bridgehead atoms. The number of hydrogen-bond donors (Lipinski definition) is 0. The molecule has 7 heteroatoms. The molecule has 2 saturated heterocycles. The van der Waals surface area contributed by atoms with E-state index in [1.807, 2.05) is 6.21 Å². The van der Waals surface area contributed by atoms with E-state index < -0.39 is 0 Å². The minimum absolute atomic E-state index is 0.529. The molecule has 2 aromatic rings. The van der Waals surface area contributed by atoms with Crippen LogP contribution in [0.15, 0.2) is 41.4 Å². The lowest BCUT2D eigenvalue weighted by Crippen LogP contribution is -2.47. The number of hydrogen-bond acceptors (Lipinski definition) is 7. The fraction of sp³-hybridized carbons (Fsp3) is 0.538. The second-order valence-electron chi connectivity index (χ2n) is 8.76. The monoisotopic (exact) mass is 451 g/mol. The second-order valence-corrected chi connectivity index (χ2v) is 8.76. The molecule has 4 rings (SSSR count). The van der Waals surface area contributed by atoms with Crippen LogP contribution in [-0.2, 0) is 11.3 Å². The van der Waals surface area contributed by atoms with Crippen LogP contribution in [0.3, 0.4) is 0 Å². The first kappa shape index (κ1) is 23.7. The molecular formula is C26H37N5O2. The van der Waals surface area contributed by atoms with E-state index in [9.17, 15) is 0 Å². The molecule has 1 aromatic carbocycles. The summed E-state index contributed by atoms with van der Waals surface area (Å²) in [5.74, 6) is 0.687. The number of anilines is 1. The van der Waals surface area contributed by atoms with Gasteiger partial charge in [0.2, 0.25) is 5.88 Å². The lowest BCUT2D eigenvalue weighted by atomic mass is 10.1. The summed E-state index contributed by atoms with van der Waals surface area (Å²) < 4.78 is 11.7. The van der Waals surface area contributed by atoms with Crippen LogP contribution in [0.2, 0.25) is 0 Å². The molecule has 0 N–H and O–H groups in total. The van der Waals surface area contributed by atoms with Crippen molar-refractivity contribution >= 4 is 11.9 Å². The first-order valence-corrected chi connectivity index (χ1v) is 12.2. The normalized spacial score (nSPS) is 18.2. The van der Waals surface area contributed by atoms with E-state index in [0.29, 0.717) is 19.0 Å². The number of pyridine rings is 1. The SMILES string of the molecule is CCN1CCN(CCOc2cc(N3CCOCC3)cc(CN=Cc3cccc(C)c3)n2)CC1. The summed E-state index contributed by atoms with van der Waals surface area (Å²) in [7, 11) is 0. The number of aliphatic imine (C=N–C) groups is 1. The van der Waals surface area contributed by atoms with Crippen molar-refractivity contribution in [2.45, 2.75) is 20.4 Å². The predicted octanol–water partition coefficient (Wildman–Crippen LogP) is 2.86. The van der Waals surface area contributed by atoms with Gasteiger partial charge in [0.1, 0.15) is 6.61 Å². The van der Waals surface area contributed by atoms with Crippen molar-refractivity contribution in [1.29, 1.82) is 0 Å². The summed E-state index contributed by atoms with van der Waals surface area (Å²) in [5, 5.41) is 0. The molecule has 7 nitrogen and oxygen atoms in total. The Morgan fingerprint density at radius 3 is 2.58 bits per heavy atom. The number of morpholine rings is 1. The number of nitrogens with zero attached hydrogens (tertiary/aromatic N) is 5. The van der Waals surface area contributed by atoms with E-state index in [2.05, 4.69) is 69.9 Å². The van der Waals surface area contributed by atoms with Crippen molar-refractivity contribution in [3.63, 3.8) is 0 Å². The van der Waals surface area contributed by atoms with Gasteiger partial charge in [0, 0.05) is 63.8 Å². The van der Waals surface area contributed by atoms with Gasteiger partial charge in [0.15, 0.2) is 0 Å². The highest BCUT2D eigenvalue weighted by Crippen LogP contribution is 2.23. The summed E-state index contributed by atoms with van der Waals surface area (Å²) >= 11 is 0. The zero-order chi connectivity index (χ0) is 22.9. The van der Waals surface area contributed by atoms with E-state index in [1.165, 1.54) is 5.56 Å². The number of piperazine rings is 1. The number of ether oxygens (including phenoxy) is 2. The Labute approximate surface area is 198 Å². The third kappa shape index (κ3) is 7.25. The van der Waals surface area contributed by atoms with Gasteiger partial charge in [-0.25, -0.2) is 4.98 Å². The first-order chi connectivity index (χ1) is 16.2. The molecule has 2 fully saturated rings. The summed E-state index contributed by atoms with van der Waals surface area (Å²) in [5.41, 5.74) is 4.41. The molecule has 3 heterocycles. The standard InChI is InChI=1S/C26H37N5O2/c1-3-29-7-9-30(10-8-29)11-16-33-26-19-25(31-12-14-32-15-13-31)18-24(28-26)21-27-20-23-6-4-5-22(2)17-23/h4-6,17-20H,3,7-16,21H2,1-2H3. The molecule has 1 aromatic heterocycles. The van der Waals surface area contributed by atoms with Gasteiger partial charge in [-0.05, 0) is 25.1 Å². The molecule has 178 valence electrons. The number of rotatable bonds is 9. The molecule has 2 aliphatic rings. The Balaban J connectivity index is 1.39. The maximum absolute atomic E-state index is 6.14. The predicted molar refractivity (Wildman–Crippen MR) is 134 cm³/mol. The molecule has 0 saturated carbocycles. The van der Waals surface area contributed by atoms with E-state index in [0.717, 1.165) is 82.5 Å². The number of likely N-dealkylation sites (N-methyl/N-ethyl adjacent to an activating group) is 1. The molecule has 0 aliphatic carbocycles. The summed E-state index contributed by atoms with van der Waals surface area (Å²) in [4.78, 5) is 16.7. The quantitative estimate of drug-likeness (QED) is 0.547. The fourth-order valence-corrected chi connectivity index (χ4v) is 4.31. The van der Waals surface area contributed by atoms with Crippen molar-refractivity contribution in [2.75, 3.05) is 77.1 Å². The lowest BCUT2D eigenvalue weighted by molar-refractivity contribution is 0.119. The Morgan fingerprint density at radius 2 is 1.82 bits per heavy atom. The third-order valence-corrected chi connectivity index (χ3v) is 6.32. The maximum atomic E-state index is 6.14. The van der Waals surface area contributed by atoms with E-state index in [1.54, 1.807) is 0 Å². The Morgan fingerprint density at radius 1 is 1.03 bits per heavy atom. The van der Waals surface area contributed by atoms with Crippen LogP contribution in [0.25, 0.3) is 0 Å². The number of aryl methyl sites for hydroxylation is 1. The zero-order valence-electron chi connectivity index (χ0n) is 20.1. The first-order valence-electron chi connectivity index (χ1n) is 12.2. The highest BCUT2D eigenvalue weighted by atomic mass is 16.5. The second kappa shape index (κ2) is 12.1. The Hall–Kier alpha value is -2.48.